The molecule has 4 amide bonds. The van der Waals surface area contributed by atoms with Crippen molar-refractivity contribution in [3.8, 4) is 11.6 Å². The lowest BCUT2D eigenvalue weighted by Crippen LogP contribution is -2.64. The van der Waals surface area contributed by atoms with Gasteiger partial charge < -0.3 is 19.9 Å². The van der Waals surface area contributed by atoms with E-state index in [4.69, 9.17) is 13.6 Å². The molecule has 2 aliphatic heterocycles. The van der Waals surface area contributed by atoms with Crippen molar-refractivity contribution in [3.63, 3.8) is 0 Å². The van der Waals surface area contributed by atoms with E-state index in [1.54, 1.807) is 39.0 Å². The van der Waals surface area contributed by atoms with Crippen molar-refractivity contribution in [3.05, 3.63) is 42.6 Å². The van der Waals surface area contributed by atoms with Crippen molar-refractivity contribution in [2.45, 2.75) is 133 Å². The SMILES string of the molecule is [2H]C([2H])([2H])Oc1cnc(O[C@]2(C)C[C@H]3C(=O)NC4(C(=O)NS(=O)(=O)C5(C)CC5)CC4/C=C\CC[C@H](C)C[C@@H](C)[C@H](N(C(=O)O)C(C)CC)C(=O)N3C2(F)F)c2ccccc12. The van der Waals surface area contributed by atoms with Crippen molar-refractivity contribution in [1.29, 1.82) is 0 Å². The molecule has 1 aromatic carbocycles. The number of hydrogen-bond donors (Lipinski definition) is 3. The average molecular weight is 821 g/mol. The predicted octanol–water partition coefficient (Wildman–Crippen LogP) is 5.61. The van der Waals surface area contributed by atoms with Crippen molar-refractivity contribution >= 4 is 44.6 Å². The highest BCUT2D eigenvalue weighted by atomic mass is 32.2. The highest BCUT2D eigenvalue weighted by molar-refractivity contribution is 7.91. The average Bonchev–Trinajstić information content (AvgIpc) is 4.06. The number of rotatable bonds is 9. The van der Waals surface area contributed by atoms with Gasteiger partial charge in [0.15, 0.2) is 5.60 Å². The number of hydrogen-bond acceptors (Lipinski definition) is 9. The number of sulfonamides is 1. The summed E-state index contributed by atoms with van der Waals surface area (Å²) in [6, 6.07) is -2.98. The van der Waals surface area contributed by atoms with Gasteiger partial charge >= 0.3 is 12.1 Å². The molecule has 0 spiro atoms. The van der Waals surface area contributed by atoms with Gasteiger partial charge in [0.2, 0.25) is 21.8 Å². The van der Waals surface area contributed by atoms with Crippen LogP contribution in [-0.2, 0) is 24.4 Å². The second-order valence-corrected chi connectivity index (χ2v) is 18.9. The number of fused-ring (bicyclic) bond motifs is 3. The van der Waals surface area contributed by atoms with Crippen molar-refractivity contribution in [2.75, 3.05) is 7.04 Å². The number of benzene rings is 1. The quantitative estimate of drug-likeness (QED) is 0.212. The lowest BCUT2D eigenvalue weighted by Gasteiger charge is -2.42. The van der Waals surface area contributed by atoms with E-state index in [1.807, 2.05) is 6.92 Å². The Morgan fingerprint density at radius 2 is 1.86 bits per heavy atom. The van der Waals surface area contributed by atoms with Crippen molar-refractivity contribution in [1.82, 2.24) is 24.8 Å². The number of carbonyl (C=O) groups excluding carboxylic acids is 3. The Morgan fingerprint density at radius 1 is 1.18 bits per heavy atom. The fourth-order valence-corrected chi connectivity index (χ4v) is 9.61. The summed E-state index contributed by atoms with van der Waals surface area (Å²) in [5.74, 6) is -5.90. The molecule has 57 heavy (non-hydrogen) atoms. The van der Waals surface area contributed by atoms with Crippen LogP contribution in [0, 0.1) is 17.8 Å². The third kappa shape index (κ3) is 7.40. The van der Waals surface area contributed by atoms with E-state index in [9.17, 15) is 27.9 Å². The lowest BCUT2D eigenvalue weighted by atomic mass is 9.86. The number of pyridine rings is 1. The summed E-state index contributed by atoms with van der Waals surface area (Å²) in [4.78, 5) is 61.8. The third-order valence-corrected chi connectivity index (χ3v) is 14.6. The molecule has 0 radical (unpaired) electrons. The number of nitrogens with zero attached hydrogens (tertiary/aromatic N) is 3. The Morgan fingerprint density at radius 3 is 2.49 bits per heavy atom. The Hall–Kier alpha value is -4.54. The van der Waals surface area contributed by atoms with Crippen LogP contribution in [0.4, 0.5) is 13.6 Å². The van der Waals surface area contributed by atoms with Crippen LogP contribution < -0.4 is 19.5 Å². The molecule has 3 fully saturated rings. The maximum Gasteiger partial charge on any atom is 0.408 e. The Labute approximate surface area is 336 Å². The summed E-state index contributed by atoms with van der Waals surface area (Å²) in [7, 11) is -7.08. The number of nitrogens with one attached hydrogen (secondary N) is 2. The van der Waals surface area contributed by atoms with E-state index < -0.39 is 105 Å². The molecular weight excluding hydrogens is 765 g/mol. The molecule has 14 nitrogen and oxygen atoms in total. The lowest BCUT2D eigenvalue weighted by molar-refractivity contribution is -0.219. The molecule has 3 heterocycles. The summed E-state index contributed by atoms with van der Waals surface area (Å²) in [6.45, 7) is 9.20. The summed E-state index contributed by atoms with van der Waals surface area (Å²) in [6.07, 6.45) is 4.15. The molecule has 3 N–H and O–H groups in total. The second-order valence-electron chi connectivity index (χ2n) is 16.7. The molecule has 3 unspecified atom stereocenters. The minimum atomic E-state index is -4.37. The molecule has 312 valence electrons. The van der Waals surface area contributed by atoms with Gasteiger partial charge in [0.05, 0.1) is 22.1 Å². The maximum atomic E-state index is 17.7. The molecule has 2 saturated carbocycles. The van der Waals surface area contributed by atoms with Crippen molar-refractivity contribution in [2.24, 2.45) is 17.8 Å². The predicted molar refractivity (Wildman–Crippen MR) is 206 cm³/mol. The zero-order valence-corrected chi connectivity index (χ0v) is 33.7. The molecule has 0 bridgehead atoms. The van der Waals surface area contributed by atoms with Crippen LogP contribution in [0.1, 0.15) is 97.0 Å². The highest BCUT2D eigenvalue weighted by Crippen LogP contribution is 2.51. The summed E-state index contributed by atoms with van der Waals surface area (Å²) < 4.78 is 96.6. The molecule has 1 saturated heterocycles. The summed E-state index contributed by atoms with van der Waals surface area (Å²) in [5.41, 5.74) is -4.64. The molecule has 2 aliphatic carbocycles. The van der Waals surface area contributed by atoms with E-state index in [-0.39, 0.29) is 46.6 Å². The molecule has 1 aromatic heterocycles. The monoisotopic (exact) mass is 820 g/mol. The number of carbonyl (C=O) groups is 4. The number of halogens is 2. The minimum absolute atomic E-state index is 0.0568. The molecule has 4 aliphatic rings. The largest absolute Gasteiger partial charge is 0.494 e. The van der Waals surface area contributed by atoms with Gasteiger partial charge in [0.1, 0.15) is 23.4 Å². The summed E-state index contributed by atoms with van der Waals surface area (Å²) in [5, 5.41) is 13.3. The van der Waals surface area contributed by atoms with Gasteiger partial charge in [-0.2, -0.15) is 8.78 Å². The van der Waals surface area contributed by atoms with Crippen LogP contribution in [0.25, 0.3) is 10.8 Å². The number of ether oxygens (including phenoxy) is 2. The van der Waals surface area contributed by atoms with E-state index >= 15 is 13.6 Å². The number of aromatic nitrogens is 1. The van der Waals surface area contributed by atoms with E-state index in [2.05, 4.69) is 15.0 Å². The van der Waals surface area contributed by atoms with Gasteiger partial charge in [-0.1, -0.05) is 51.1 Å². The van der Waals surface area contributed by atoms with Gasteiger partial charge in [0, 0.05) is 29.2 Å². The smallest absolute Gasteiger partial charge is 0.408 e. The Balaban J connectivity index is 1.48. The third-order valence-electron chi connectivity index (χ3n) is 12.5. The fourth-order valence-electron chi connectivity index (χ4n) is 8.30. The minimum Gasteiger partial charge on any atom is -0.494 e. The topological polar surface area (TPSA) is 185 Å². The second kappa shape index (κ2) is 15.0. The van der Waals surface area contributed by atoms with E-state index in [1.165, 1.54) is 25.1 Å². The first-order chi connectivity index (χ1) is 27.8. The number of allylic oxidation sites excluding steroid dienone is 1. The maximum absolute atomic E-state index is 17.7. The van der Waals surface area contributed by atoms with Crippen LogP contribution in [0.2, 0.25) is 0 Å². The van der Waals surface area contributed by atoms with Crippen LogP contribution in [0.5, 0.6) is 11.6 Å². The van der Waals surface area contributed by atoms with Gasteiger partial charge in [-0.3, -0.25) is 28.9 Å². The molecular formula is C40H53F2N5O9S. The summed E-state index contributed by atoms with van der Waals surface area (Å²) >= 11 is 0. The first kappa shape index (κ1) is 38.0. The van der Waals surface area contributed by atoms with E-state index in [0.29, 0.717) is 25.7 Å². The van der Waals surface area contributed by atoms with Crippen LogP contribution >= 0.6 is 0 Å². The van der Waals surface area contributed by atoms with Gasteiger partial charge in [0.25, 0.3) is 11.8 Å². The van der Waals surface area contributed by atoms with Gasteiger partial charge in [-0.05, 0) is 83.6 Å². The molecule has 8 atom stereocenters. The number of alkyl halides is 2. The number of methoxy groups -OCH3 is 1. The first-order valence-corrected chi connectivity index (χ1v) is 20.8. The Bertz CT molecular complexity index is 2190. The van der Waals surface area contributed by atoms with E-state index in [0.717, 1.165) is 18.0 Å². The van der Waals surface area contributed by atoms with Gasteiger partial charge in [-0.25, -0.2) is 18.2 Å². The zero-order chi connectivity index (χ0) is 44.4. The van der Waals surface area contributed by atoms with Crippen LogP contribution in [-0.4, -0.2) is 99.2 Å². The molecule has 17 heteroatoms. The molecule has 2 aromatic rings. The van der Waals surface area contributed by atoms with Crippen LogP contribution in [0.15, 0.2) is 42.6 Å². The number of amides is 4. The standard InChI is InChI=1S/C40H53F2N5O9S/c1-8-25(4)46(36(51)52)31-24(3)19-23(2)13-9-10-14-26-20-39(26,35(50)45-57(53,54)37(5)17-18-37)44-32(48)29-21-38(6,40(41,42)47(29)34(31)49)56-33-28-16-12-11-15-27(28)30(55-7)22-43-33/h10-12,14-16,22-26,29,31H,8-9,13,17-21H2,1-7H3,(H,44,48)(H,45,50)(H,51,52)/b14-10-/t23-,24+,25?,26?,29-,31-,38+,39?/m0/s1/i7D3. The first-order valence-electron chi connectivity index (χ1n) is 20.8. The Kier molecular flexibility index (Phi) is 10.0. The number of carboxylic acid groups (broad SMARTS) is 1. The molecule has 6 rings (SSSR count). The normalized spacial score (nSPS) is 33.0. The van der Waals surface area contributed by atoms with Crippen LogP contribution in [0.3, 0.4) is 0 Å². The van der Waals surface area contributed by atoms with Gasteiger partial charge in [-0.15, -0.1) is 0 Å². The zero-order valence-electron chi connectivity index (χ0n) is 35.9. The fraction of sp³-hybridized carbons (Fsp3) is 0.625. The highest BCUT2D eigenvalue weighted by Gasteiger charge is 2.71. The van der Waals surface area contributed by atoms with Crippen molar-refractivity contribution < 1.29 is 55.1 Å².